The van der Waals surface area contributed by atoms with Gasteiger partial charge in [-0.15, -0.1) is 11.3 Å². The van der Waals surface area contributed by atoms with Crippen LogP contribution in [-0.4, -0.2) is 26.4 Å². The van der Waals surface area contributed by atoms with E-state index >= 15 is 0 Å². The highest BCUT2D eigenvalue weighted by molar-refractivity contribution is 7.92. The number of benzene rings is 3. The zero-order valence-corrected chi connectivity index (χ0v) is 19.7. The largest absolute Gasteiger partial charge is 0.497 e. The Morgan fingerprint density at radius 2 is 1.56 bits per heavy atom. The number of nitrogens with zero attached hydrogens (tertiary/aromatic N) is 1. The first-order valence-electron chi connectivity index (χ1n) is 10.1. The minimum absolute atomic E-state index is 0.0722. The van der Waals surface area contributed by atoms with Crippen LogP contribution in [0.2, 0.25) is 0 Å². The predicted octanol–water partition coefficient (Wildman–Crippen LogP) is 4.78. The number of aromatic nitrogens is 1. The highest BCUT2D eigenvalue weighted by Gasteiger charge is 2.15. The number of nitrogens with one attached hydrogen (secondary N) is 2. The van der Waals surface area contributed by atoms with Crippen molar-refractivity contribution in [1.29, 1.82) is 0 Å². The van der Waals surface area contributed by atoms with E-state index < -0.39 is 10.0 Å². The van der Waals surface area contributed by atoms with E-state index in [9.17, 15) is 13.2 Å². The van der Waals surface area contributed by atoms with Gasteiger partial charge in [0.2, 0.25) is 0 Å². The van der Waals surface area contributed by atoms with Gasteiger partial charge in [0.25, 0.3) is 15.9 Å². The number of methoxy groups -OCH3 is 1. The van der Waals surface area contributed by atoms with Crippen LogP contribution in [0.4, 0.5) is 11.4 Å². The van der Waals surface area contributed by atoms with Crippen LogP contribution in [-0.2, 0) is 16.6 Å². The van der Waals surface area contributed by atoms with Gasteiger partial charge in [-0.1, -0.05) is 0 Å². The van der Waals surface area contributed by atoms with Gasteiger partial charge in [0.1, 0.15) is 18.1 Å². The Kier molecular flexibility index (Phi) is 7.09. The first kappa shape index (κ1) is 23.3. The maximum Gasteiger partial charge on any atom is 0.261 e. The van der Waals surface area contributed by atoms with Crippen LogP contribution < -0.4 is 19.5 Å². The summed E-state index contributed by atoms with van der Waals surface area (Å²) in [4.78, 5) is 16.8. The third kappa shape index (κ3) is 5.91. The zero-order valence-electron chi connectivity index (χ0n) is 18.1. The summed E-state index contributed by atoms with van der Waals surface area (Å²) < 4.78 is 38.5. The molecule has 0 aliphatic carbocycles. The van der Waals surface area contributed by atoms with Crippen LogP contribution in [0.5, 0.6) is 11.5 Å². The van der Waals surface area contributed by atoms with Crippen molar-refractivity contribution < 1.29 is 22.7 Å². The maximum absolute atomic E-state index is 12.6. The summed E-state index contributed by atoms with van der Waals surface area (Å²) in [5, 5.41) is 4.67. The van der Waals surface area contributed by atoms with Crippen LogP contribution in [0, 0.1) is 0 Å². The fourth-order valence-corrected chi connectivity index (χ4v) is 4.56. The van der Waals surface area contributed by atoms with Crippen LogP contribution in [0.15, 0.2) is 88.6 Å². The average molecular weight is 496 g/mol. The number of hydrogen-bond donors (Lipinski definition) is 2. The Morgan fingerprint density at radius 1 is 0.912 bits per heavy atom. The van der Waals surface area contributed by atoms with Crippen LogP contribution in [0.3, 0.4) is 0 Å². The molecule has 0 aliphatic heterocycles. The molecular weight excluding hydrogens is 474 g/mol. The van der Waals surface area contributed by atoms with Gasteiger partial charge < -0.3 is 14.8 Å². The molecule has 4 rings (SSSR count). The smallest absolute Gasteiger partial charge is 0.261 e. The van der Waals surface area contributed by atoms with E-state index in [0.717, 1.165) is 5.69 Å². The molecular formula is C24H21N3O5S2. The molecule has 0 bridgehead atoms. The van der Waals surface area contributed by atoms with Crippen LogP contribution in [0.1, 0.15) is 16.1 Å². The predicted molar refractivity (Wildman–Crippen MR) is 131 cm³/mol. The molecule has 8 nitrogen and oxygen atoms in total. The first-order chi connectivity index (χ1) is 16.4. The second-order valence-corrected chi connectivity index (χ2v) is 9.51. The molecule has 0 aliphatic rings. The highest BCUT2D eigenvalue weighted by Crippen LogP contribution is 2.21. The van der Waals surface area contributed by atoms with E-state index in [1.54, 1.807) is 54.0 Å². The Hall–Kier alpha value is -3.89. The molecule has 1 heterocycles. The molecule has 1 amide bonds. The molecule has 34 heavy (non-hydrogen) atoms. The molecule has 0 spiro atoms. The zero-order chi connectivity index (χ0) is 24.0. The molecule has 0 radical (unpaired) electrons. The minimum Gasteiger partial charge on any atom is -0.497 e. The lowest BCUT2D eigenvalue weighted by atomic mass is 10.2. The lowest BCUT2D eigenvalue weighted by Gasteiger charge is -2.10. The fourth-order valence-electron chi connectivity index (χ4n) is 2.96. The van der Waals surface area contributed by atoms with Crippen LogP contribution >= 0.6 is 11.3 Å². The molecule has 0 fully saturated rings. The maximum atomic E-state index is 12.6. The molecule has 3 aromatic carbocycles. The number of sulfonamides is 1. The average Bonchev–Trinajstić information content (AvgIpc) is 3.37. The van der Waals surface area contributed by atoms with Crippen molar-refractivity contribution in [2.45, 2.75) is 11.5 Å². The van der Waals surface area contributed by atoms with E-state index in [-0.39, 0.29) is 10.8 Å². The van der Waals surface area contributed by atoms with Gasteiger partial charge >= 0.3 is 0 Å². The summed E-state index contributed by atoms with van der Waals surface area (Å²) in [6.45, 7) is 0.359. The topological polar surface area (TPSA) is 107 Å². The molecule has 1 aromatic heterocycles. The molecule has 174 valence electrons. The number of ether oxygens (including phenoxy) is 2. The fraction of sp³-hybridized carbons (Fsp3) is 0.0833. The lowest BCUT2D eigenvalue weighted by molar-refractivity contribution is 0.102. The Labute approximate surface area is 201 Å². The molecule has 10 heteroatoms. The summed E-state index contributed by atoms with van der Waals surface area (Å²) in [5.41, 5.74) is 3.91. The summed E-state index contributed by atoms with van der Waals surface area (Å²) in [6, 6.07) is 19.2. The third-order valence-electron chi connectivity index (χ3n) is 4.75. The van der Waals surface area contributed by atoms with E-state index in [0.29, 0.717) is 35.0 Å². The van der Waals surface area contributed by atoms with Gasteiger partial charge in [0, 0.05) is 22.3 Å². The minimum atomic E-state index is -3.78. The lowest BCUT2D eigenvalue weighted by Crippen LogP contribution is -2.14. The Bertz CT molecular complexity index is 1340. The quantitative estimate of drug-likeness (QED) is 0.346. The monoisotopic (exact) mass is 495 g/mol. The standard InChI is InChI=1S/C24H21N3O5S2/c1-31-21-10-4-19(5-11-21)27-34(29,30)23-12-6-18(7-13-23)26-24(28)17-2-8-22(9-3-17)32-14-20-15-33-16-25-20/h2-13,15-16,27H,14H2,1H3,(H,26,28). The van der Waals surface area contributed by atoms with Crippen molar-refractivity contribution in [3.8, 4) is 11.5 Å². The van der Waals surface area contributed by atoms with Gasteiger partial charge in [0.05, 0.1) is 23.2 Å². The second kappa shape index (κ2) is 10.4. The van der Waals surface area contributed by atoms with Gasteiger partial charge in [-0.25, -0.2) is 13.4 Å². The van der Waals surface area contributed by atoms with E-state index in [1.165, 1.54) is 42.7 Å². The summed E-state index contributed by atoms with van der Waals surface area (Å²) in [6.07, 6.45) is 0. The van der Waals surface area contributed by atoms with Crippen molar-refractivity contribution in [1.82, 2.24) is 4.98 Å². The molecule has 4 aromatic rings. The van der Waals surface area contributed by atoms with Crippen LogP contribution in [0.25, 0.3) is 0 Å². The first-order valence-corrected chi connectivity index (χ1v) is 12.5. The van der Waals surface area contributed by atoms with E-state index in [2.05, 4.69) is 15.0 Å². The summed E-state index contributed by atoms with van der Waals surface area (Å²) in [5.74, 6) is 0.933. The highest BCUT2D eigenvalue weighted by atomic mass is 32.2. The normalized spacial score (nSPS) is 11.0. The summed E-state index contributed by atoms with van der Waals surface area (Å²) in [7, 11) is -2.24. The second-order valence-electron chi connectivity index (χ2n) is 7.11. The van der Waals surface area contributed by atoms with Crippen molar-refractivity contribution in [2.24, 2.45) is 0 Å². The number of anilines is 2. The van der Waals surface area contributed by atoms with Crippen molar-refractivity contribution in [3.05, 3.63) is 94.9 Å². The number of rotatable bonds is 9. The van der Waals surface area contributed by atoms with E-state index in [1.807, 2.05) is 5.38 Å². The molecule has 0 saturated carbocycles. The number of thiazole rings is 1. The number of carbonyl (C=O) groups excluding carboxylic acids is 1. The Morgan fingerprint density at radius 3 is 2.18 bits per heavy atom. The number of hydrogen-bond acceptors (Lipinski definition) is 7. The van der Waals surface area contributed by atoms with Gasteiger partial charge in [-0.3, -0.25) is 9.52 Å². The van der Waals surface area contributed by atoms with Gasteiger partial charge in [-0.05, 0) is 72.8 Å². The molecule has 0 saturated heterocycles. The van der Waals surface area contributed by atoms with Crippen molar-refractivity contribution in [2.75, 3.05) is 17.1 Å². The third-order valence-corrected chi connectivity index (χ3v) is 6.78. The number of amides is 1. The van der Waals surface area contributed by atoms with E-state index in [4.69, 9.17) is 9.47 Å². The molecule has 0 unspecified atom stereocenters. The number of carbonyl (C=O) groups is 1. The molecule has 2 N–H and O–H groups in total. The summed E-state index contributed by atoms with van der Waals surface area (Å²) >= 11 is 1.50. The van der Waals surface area contributed by atoms with Crippen molar-refractivity contribution in [3.63, 3.8) is 0 Å². The van der Waals surface area contributed by atoms with Crippen molar-refractivity contribution >= 4 is 38.6 Å². The van der Waals surface area contributed by atoms with Gasteiger partial charge in [0.15, 0.2) is 0 Å². The van der Waals surface area contributed by atoms with Gasteiger partial charge in [-0.2, -0.15) is 0 Å². The SMILES string of the molecule is COc1ccc(NS(=O)(=O)c2ccc(NC(=O)c3ccc(OCc4cscn4)cc3)cc2)cc1. The molecule has 0 atom stereocenters. The Balaban J connectivity index is 1.35.